The second kappa shape index (κ2) is 7.08. The van der Waals surface area contributed by atoms with Crippen LogP contribution in [0.15, 0.2) is 77.7 Å². The summed E-state index contributed by atoms with van der Waals surface area (Å²) in [5, 5.41) is 0.446. The summed E-state index contributed by atoms with van der Waals surface area (Å²) >= 11 is 12.1. The molecule has 0 atom stereocenters. The van der Waals surface area contributed by atoms with E-state index in [1.807, 2.05) is 42.5 Å². The number of sulfonamides is 1. The van der Waals surface area contributed by atoms with Crippen molar-refractivity contribution in [3.63, 3.8) is 0 Å². The fourth-order valence-electron chi connectivity index (χ4n) is 2.56. The number of hydrogen-bond acceptors (Lipinski definition) is 2. The molecule has 0 aromatic heterocycles. The second-order valence-corrected chi connectivity index (χ2v) is 8.21. The van der Waals surface area contributed by atoms with Crippen molar-refractivity contribution in [3.05, 3.63) is 82.8 Å². The van der Waals surface area contributed by atoms with Crippen molar-refractivity contribution in [2.24, 2.45) is 0 Å². The third kappa shape index (κ3) is 3.52. The smallest absolute Gasteiger partial charge is 0.265 e. The molecular formula is C19H15Cl2NO2S. The van der Waals surface area contributed by atoms with Crippen molar-refractivity contribution in [1.29, 1.82) is 0 Å². The van der Waals surface area contributed by atoms with Gasteiger partial charge in [0, 0.05) is 17.6 Å². The number of hydrogen-bond donors (Lipinski definition) is 0. The minimum Gasteiger partial charge on any atom is -0.269 e. The third-order valence-corrected chi connectivity index (χ3v) is 6.35. The van der Waals surface area contributed by atoms with Gasteiger partial charge in [-0.1, -0.05) is 71.7 Å². The number of anilines is 1. The van der Waals surface area contributed by atoms with Gasteiger partial charge < -0.3 is 0 Å². The molecule has 3 nitrogen and oxygen atoms in total. The second-order valence-electron chi connectivity index (χ2n) is 5.43. The monoisotopic (exact) mass is 391 g/mol. The first kappa shape index (κ1) is 17.8. The van der Waals surface area contributed by atoms with Gasteiger partial charge in [0.05, 0.1) is 10.7 Å². The van der Waals surface area contributed by atoms with Crippen LogP contribution < -0.4 is 4.31 Å². The van der Waals surface area contributed by atoms with Gasteiger partial charge in [-0.05, 0) is 29.8 Å². The molecule has 0 saturated carbocycles. The maximum Gasteiger partial charge on any atom is 0.265 e. The zero-order chi connectivity index (χ0) is 18.0. The summed E-state index contributed by atoms with van der Waals surface area (Å²) in [6.45, 7) is 0. The number of halogens is 2. The van der Waals surface area contributed by atoms with E-state index in [1.165, 1.54) is 23.5 Å². The van der Waals surface area contributed by atoms with E-state index in [0.717, 1.165) is 11.1 Å². The van der Waals surface area contributed by atoms with Crippen LogP contribution in [0.25, 0.3) is 11.1 Å². The summed E-state index contributed by atoms with van der Waals surface area (Å²) in [7, 11) is -2.35. The molecule has 0 aliphatic carbocycles. The van der Waals surface area contributed by atoms with Gasteiger partial charge in [0.2, 0.25) is 0 Å². The van der Waals surface area contributed by atoms with Crippen molar-refractivity contribution >= 4 is 38.9 Å². The fraction of sp³-hybridized carbons (Fsp3) is 0.0526. The Kier molecular flexibility index (Phi) is 5.04. The predicted molar refractivity (Wildman–Crippen MR) is 104 cm³/mol. The molecule has 3 rings (SSSR count). The normalized spacial score (nSPS) is 11.3. The molecule has 0 heterocycles. The Bertz CT molecular complexity index is 1000. The zero-order valence-corrected chi connectivity index (χ0v) is 15.7. The van der Waals surface area contributed by atoms with Gasteiger partial charge in [-0.2, -0.15) is 0 Å². The molecule has 3 aromatic rings. The lowest BCUT2D eigenvalue weighted by Gasteiger charge is -2.23. The summed E-state index contributed by atoms with van der Waals surface area (Å²) in [5.41, 5.74) is 2.30. The molecule has 0 aliphatic heterocycles. The topological polar surface area (TPSA) is 37.4 Å². The van der Waals surface area contributed by atoms with Gasteiger partial charge in [0.1, 0.15) is 4.90 Å². The highest BCUT2D eigenvalue weighted by atomic mass is 35.5. The Balaban J connectivity index is 2.13. The van der Waals surface area contributed by atoms with E-state index < -0.39 is 10.0 Å². The molecular weight excluding hydrogens is 377 g/mol. The molecule has 0 saturated heterocycles. The van der Waals surface area contributed by atoms with Crippen LogP contribution in [0, 0.1) is 0 Å². The van der Waals surface area contributed by atoms with Gasteiger partial charge in [-0.15, -0.1) is 0 Å². The first-order chi connectivity index (χ1) is 11.9. The van der Waals surface area contributed by atoms with Gasteiger partial charge in [0.25, 0.3) is 10.0 Å². The van der Waals surface area contributed by atoms with Crippen molar-refractivity contribution in [3.8, 4) is 11.1 Å². The zero-order valence-electron chi connectivity index (χ0n) is 13.4. The van der Waals surface area contributed by atoms with Crippen LogP contribution >= 0.6 is 23.2 Å². The number of nitrogens with zero attached hydrogens (tertiary/aromatic N) is 1. The van der Waals surface area contributed by atoms with Gasteiger partial charge >= 0.3 is 0 Å². The van der Waals surface area contributed by atoms with Gasteiger partial charge in [-0.3, -0.25) is 4.31 Å². The van der Waals surface area contributed by atoms with Crippen LogP contribution in [0.3, 0.4) is 0 Å². The highest BCUT2D eigenvalue weighted by Crippen LogP contribution is 2.35. The Morgan fingerprint density at radius 3 is 2.20 bits per heavy atom. The van der Waals surface area contributed by atoms with Crippen molar-refractivity contribution in [1.82, 2.24) is 0 Å². The summed E-state index contributed by atoms with van der Waals surface area (Å²) in [4.78, 5) is -0.0213. The van der Waals surface area contributed by atoms with E-state index in [1.54, 1.807) is 18.2 Å². The predicted octanol–water partition coefficient (Wildman–Crippen LogP) is 5.49. The van der Waals surface area contributed by atoms with Crippen LogP contribution in [-0.4, -0.2) is 15.5 Å². The molecule has 25 heavy (non-hydrogen) atoms. The average Bonchev–Trinajstić information content (AvgIpc) is 2.63. The molecule has 0 spiro atoms. The first-order valence-corrected chi connectivity index (χ1v) is 9.69. The average molecular weight is 392 g/mol. The molecule has 0 unspecified atom stereocenters. The molecule has 128 valence electrons. The summed E-state index contributed by atoms with van der Waals surface area (Å²) < 4.78 is 27.4. The Morgan fingerprint density at radius 1 is 0.840 bits per heavy atom. The quantitative estimate of drug-likeness (QED) is 0.589. The molecule has 0 fully saturated rings. The van der Waals surface area contributed by atoms with E-state index in [4.69, 9.17) is 23.2 Å². The lowest BCUT2D eigenvalue weighted by atomic mass is 10.0. The number of benzene rings is 3. The minimum atomic E-state index is -3.86. The molecule has 0 amide bonds. The number of rotatable bonds is 4. The molecule has 0 radical (unpaired) electrons. The fourth-order valence-corrected chi connectivity index (χ4v) is 4.51. The summed E-state index contributed by atoms with van der Waals surface area (Å²) in [6, 6.07) is 21.3. The lowest BCUT2D eigenvalue weighted by Crippen LogP contribution is -2.27. The Morgan fingerprint density at radius 2 is 1.48 bits per heavy atom. The third-order valence-electron chi connectivity index (χ3n) is 3.86. The maximum absolute atomic E-state index is 13.1. The Labute approximate surface area is 157 Å². The van der Waals surface area contributed by atoms with Crippen LogP contribution in [0.4, 0.5) is 5.69 Å². The van der Waals surface area contributed by atoms with Gasteiger partial charge in [-0.25, -0.2) is 8.42 Å². The van der Waals surface area contributed by atoms with E-state index in [9.17, 15) is 8.42 Å². The van der Waals surface area contributed by atoms with Gasteiger partial charge in [0.15, 0.2) is 0 Å². The van der Waals surface area contributed by atoms with Crippen LogP contribution in [0.5, 0.6) is 0 Å². The highest BCUT2D eigenvalue weighted by Gasteiger charge is 2.26. The molecule has 3 aromatic carbocycles. The summed E-state index contributed by atoms with van der Waals surface area (Å²) in [5.74, 6) is 0. The minimum absolute atomic E-state index is 0.0213. The largest absolute Gasteiger partial charge is 0.269 e. The SMILES string of the molecule is CN(c1ccccc1-c1ccccc1)S(=O)(=O)c1cc(Cl)ccc1Cl. The highest BCUT2D eigenvalue weighted by molar-refractivity contribution is 7.93. The lowest BCUT2D eigenvalue weighted by molar-refractivity contribution is 0.594. The van der Waals surface area contributed by atoms with Crippen molar-refractivity contribution in [2.45, 2.75) is 4.90 Å². The first-order valence-electron chi connectivity index (χ1n) is 7.49. The Hall–Kier alpha value is -2.01. The van der Waals surface area contributed by atoms with E-state index in [-0.39, 0.29) is 9.92 Å². The molecule has 0 N–H and O–H groups in total. The maximum atomic E-state index is 13.1. The van der Waals surface area contributed by atoms with E-state index in [2.05, 4.69) is 0 Å². The molecule has 0 aliphatic rings. The number of para-hydroxylation sites is 1. The molecule has 6 heteroatoms. The van der Waals surface area contributed by atoms with Crippen LogP contribution in [0.1, 0.15) is 0 Å². The standard InChI is InChI=1S/C19H15Cl2NO2S/c1-22(25(23,24)19-13-15(20)11-12-17(19)21)18-10-6-5-9-16(18)14-7-3-2-4-8-14/h2-13H,1H3. The van der Waals surface area contributed by atoms with Crippen LogP contribution in [-0.2, 0) is 10.0 Å². The summed E-state index contributed by atoms with van der Waals surface area (Å²) in [6.07, 6.45) is 0. The van der Waals surface area contributed by atoms with E-state index >= 15 is 0 Å². The van der Waals surface area contributed by atoms with Crippen molar-refractivity contribution < 1.29 is 8.42 Å². The van der Waals surface area contributed by atoms with E-state index in [0.29, 0.717) is 10.7 Å². The molecule has 0 bridgehead atoms. The van der Waals surface area contributed by atoms with Crippen molar-refractivity contribution in [2.75, 3.05) is 11.4 Å². The van der Waals surface area contributed by atoms with Crippen LogP contribution in [0.2, 0.25) is 10.0 Å².